The Balaban J connectivity index is 2.07. The zero-order valence-corrected chi connectivity index (χ0v) is 14.1. The SMILES string of the molecule is Cc1cccc(O[C@@H](C)C(=O)Nc2cc(Cl)cc(Cl)c2)c1C. The molecule has 0 saturated carbocycles. The molecule has 0 aliphatic heterocycles. The van der Waals surface area contributed by atoms with Gasteiger partial charge in [-0.25, -0.2) is 0 Å². The Morgan fingerprint density at radius 2 is 1.77 bits per heavy atom. The van der Waals surface area contributed by atoms with Crippen molar-refractivity contribution >= 4 is 34.8 Å². The second kappa shape index (κ2) is 7.03. The molecular weight excluding hydrogens is 321 g/mol. The van der Waals surface area contributed by atoms with Crippen molar-refractivity contribution in [3.05, 3.63) is 57.6 Å². The molecule has 1 N–H and O–H groups in total. The molecule has 0 heterocycles. The highest BCUT2D eigenvalue weighted by Crippen LogP contribution is 2.24. The largest absolute Gasteiger partial charge is 0.481 e. The van der Waals surface area contributed by atoms with Gasteiger partial charge in [-0.3, -0.25) is 4.79 Å². The fourth-order valence-corrected chi connectivity index (χ4v) is 2.49. The van der Waals surface area contributed by atoms with E-state index in [4.69, 9.17) is 27.9 Å². The van der Waals surface area contributed by atoms with Crippen molar-refractivity contribution < 1.29 is 9.53 Å². The van der Waals surface area contributed by atoms with E-state index < -0.39 is 6.10 Å². The van der Waals surface area contributed by atoms with Gasteiger partial charge in [0.15, 0.2) is 6.10 Å². The van der Waals surface area contributed by atoms with Gasteiger partial charge < -0.3 is 10.1 Å². The number of carbonyl (C=O) groups excluding carboxylic acids is 1. The zero-order chi connectivity index (χ0) is 16.3. The summed E-state index contributed by atoms with van der Waals surface area (Å²) < 4.78 is 5.74. The zero-order valence-electron chi connectivity index (χ0n) is 12.6. The van der Waals surface area contributed by atoms with Gasteiger partial charge >= 0.3 is 0 Å². The number of halogens is 2. The smallest absolute Gasteiger partial charge is 0.265 e. The predicted octanol–water partition coefficient (Wildman–Crippen LogP) is 5.02. The molecule has 0 saturated heterocycles. The summed E-state index contributed by atoms with van der Waals surface area (Å²) in [6.45, 7) is 5.66. The average molecular weight is 338 g/mol. The number of anilines is 1. The van der Waals surface area contributed by atoms with E-state index in [2.05, 4.69) is 5.32 Å². The molecule has 3 nitrogen and oxygen atoms in total. The second-order valence-corrected chi connectivity index (χ2v) is 5.98. The quantitative estimate of drug-likeness (QED) is 0.850. The topological polar surface area (TPSA) is 38.3 Å². The summed E-state index contributed by atoms with van der Waals surface area (Å²) in [6, 6.07) is 10.6. The van der Waals surface area contributed by atoms with E-state index in [1.54, 1.807) is 25.1 Å². The van der Waals surface area contributed by atoms with Gasteiger partial charge in [-0.05, 0) is 56.2 Å². The van der Waals surface area contributed by atoms with Gasteiger partial charge in [-0.15, -0.1) is 0 Å². The molecule has 0 aromatic heterocycles. The molecule has 1 amide bonds. The number of ether oxygens (including phenoxy) is 1. The van der Waals surface area contributed by atoms with Crippen LogP contribution >= 0.6 is 23.2 Å². The predicted molar refractivity (Wildman–Crippen MR) is 91.1 cm³/mol. The first kappa shape index (κ1) is 16.7. The van der Waals surface area contributed by atoms with Crippen molar-refractivity contribution in [1.29, 1.82) is 0 Å². The number of aryl methyl sites for hydroxylation is 1. The Bertz CT molecular complexity index is 681. The van der Waals surface area contributed by atoms with Crippen LogP contribution in [0.25, 0.3) is 0 Å². The monoisotopic (exact) mass is 337 g/mol. The first-order chi connectivity index (χ1) is 10.4. The highest BCUT2D eigenvalue weighted by atomic mass is 35.5. The van der Waals surface area contributed by atoms with Crippen molar-refractivity contribution in [1.82, 2.24) is 0 Å². The molecule has 0 aliphatic carbocycles. The van der Waals surface area contributed by atoms with E-state index in [9.17, 15) is 4.79 Å². The molecule has 22 heavy (non-hydrogen) atoms. The summed E-state index contributed by atoms with van der Waals surface area (Å²) in [4.78, 5) is 12.2. The van der Waals surface area contributed by atoms with Gasteiger partial charge in [0.05, 0.1) is 0 Å². The molecular formula is C17H17Cl2NO2. The third kappa shape index (κ3) is 4.15. The fraction of sp³-hybridized carbons (Fsp3) is 0.235. The Labute approximate surface area is 140 Å². The average Bonchev–Trinajstić information content (AvgIpc) is 2.42. The molecule has 0 bridgehead atoms. The minimum absolute atomic E-state index is 0.265. The van der Waals surface area contributed by atoms with Crippen molar-refractivity contribution in [3.8, 4) is 5.75 Å². The van der Waals surface area contributed by atoms with E-state index in [1.807, 2.05) is 32.0 Å². The summed E-state index contributed by atoms with van der Waals surface area (Å²) in [5, 5.41) is 3.67. The maximum atomic E-state index is 12.2. The van der Waals surface area contributed by atoms with Crippen molar-refractivity contribution in [2.45, 2.75) is 26.9 Å². The maximum Gasteiger partial charge on any atom is 0.265 e. The summed E-state index contributed by atoms with van der Waals surface area (Å²) in [5.41, 5.74) is 2.68. The van der Waals surface area contributed by atoms with Crippen LogP contribution in [-0.2, 0) is 4.79 Å². The number of benzene rings is 2. The third-order valence-corrected chi connectivity index (χ3v) is 3.79. The van der Waals surface area contributed by atoms with E-state index in [0.717, 1.165) is 11.1 Å². The molecule has 2 rings (SSSR count). The molecule has 0 unspecified atom stereocenters. The lowest BCUT2D eigenvalue weighted by atomic mass is 10.1. The Morgan fingerprint density at radius 3 is 2.41 bits per heavy atom. The van der Waals surface area contributed by atoms with Crippen LogP contribution in [0.1, 0.15) is 18.1 Å². The van der Waals surface area contributed by atoms with Gasteiger partial charge in [0.1, 0.15) is 5.75 Å². The standard InChI is InChI=1S/C17H17Cl2NO2/c1-10-5-4-6-16(11(10)2)22-12(3)17(21)20-15-8-13(18)7-14(19)9-15/h4-9,12H,1-3H3,(H,20,21)/t12-/m0/s1. The van der Waals surface area contributed by atoms with E-state index in [0.29, 0.717) is 21.5 Å². The lowest BCUT2D eigenvalue weighted by Crippen LogP contribution is -2.30. The van der Waals surface area contributed by atoms with Crippen LogP contribution in [-0.4, -0.2) is 12.0 Å². The molecule has 0 radical (unpaired) electrons. The van der Waals surface area contributed by atoms with Crippen molar-refractivity contribution in [2.75, 3.05) is 5.32 Å². The molecule has 2 aromatic rings. The molecule has 2 aromatic carbocycles. The Kier molecular flexibility index (Phi) is 5.33. The second-order valence-electron chi connectivity index (χ2n) is 5.11. The molecule has 0 spiro atoms. The van der Waals surface area contributed by atoms with Gasteiger partial charge in [0.25, 0.3) is 5.91 Å². The van der Waals surface area contributed by atoms with Crippen LogP contribution in [0.3, 0.4) is 0 Å². The summed E-state index contributed by atoms with van der Waals surface area (Å²) in [7, 11) is 0. The summed E-state index contributed by atoms with van der Waals surface area (Å²) >= 11 is 11.8. The van der Waals surface area contributed by atoms with Crippen LogP contribution in [0.2, 0.25) is 10.0 Å². The van der Waals surface area contributed by atoms with Crippen LogP contribution in [0.4, 0.5) is 5.69 Å². The molecule has 5 heteroatoms. The van der Waals surface area contributed by atoms with Crippen LogP contribution in [0, 0.1) is 13.8 Å². The van der Waals surface area contributed by atoms with Crippen LogP contribution in [0.5, 0.6) is 5.75 Å². The molecule has 0 aliphatic rings. The first-order valence-corrected chi connectivity index (χ1v) is 7.62. The van der Waals surface area contributed by atoms with Crippen LogP contribution < -0.4 is 10.1 Å². The number of carbonyl (C=O) groups is 1. The highest BCUT2D eigenvalue weighted by molar-refractivity contribution is 6.35. The van der Waals surface area contributed by atoms with E-state index in [1.165, 1.54) is 0 Å². The van der Waals surface area contributed by atoms with E-state index in [-0.39, 0.29) is 5.91 Å². The summed E-state index contributed by atoms with van der Waals surface area (Å²) in [6.07, 6.45) is -0.641. The van der Waals surface area contributed by atoms with Gasteiger partial charge in [0, 0.05) is 15.7 Å². The van der Waals surface area contributed by atoms with Crippen LogP contribution in [0.15, 0.2) is 36.4 Å². The number of hydrogen-bond donors (Lipinski definition) is 1. The van der Waals surface area contributed by atoms with Crippen molar-refractivity contribution in [2.24, 2.45) is 0 Å². The van der Waals surface area contributed by atoms with Gasteiger partial charge in [0.2, 0.25) is 0 Å². The minimum Gasteiger partial charge on any atom is -0.481 e. The number of hydrogen-bond acceptors (Lipinski definition) is 2. The number of nitrogens with one attached hydrogen (secondary N) is 1. The minimum atomic E-state index is -0.641. The Hall–Kier alpha value is -1.71. The van der Waals surface area contributed by atoms with E-state index >= 15 is 0 Å². The lowest BCUT2D eigenvalue weighted by Gasteiger charge is -2.17. The maximum absolute atomic E-state index is 12.2. The number of amides is 1. The van der Waals surface area contributed by atoms with Crippen molar-refractivity contribution in [3.63, 3.8) is 0 Å². The normalized spacial score (nSPS) is 11.9. The highest BCUT2D eigenvalue weighted by Gasteiger charge is 2.16. The van der Waals surface area contributed by atoms with Gasteiger partial charge in [-0.2, -0.15) is 0 Å². The first-order valence-electron chi connectivity index (χ1n) is 6.86. The van der Waals surface area contributed by atoms with Gasteiger partial charge in [-0.1, -0.05) is 35.3 Å². The molecule has 1 atom stereocenters. The number of rotatable bonds is 4. The third-order valence-electron chi connectivity index (χ3n) is 3.36. The molecule has 116 valence electrons. The fourth-order valence-electron chi connectivity index (χ4n) is 1.97. The Morgan fingerprint density at radius 1 is 1.14 bits per heavy atom. The summed E-state index contributed by atoms with van der Waals surface area (Å²) in [5.74, 6) is 0.436. The lowest BCUT2D eigenvalue weighted by molar-refractivity contribution is -0.122. The molecule has 0 fully saturated rings.